The molecule has 2 aliphatic heterocycles. The quantitative estimate of drug-likeness (QED) is 0.630. The van der Waals surface area contributed by atoms with Gasteiger partial charge in [-0.2, -0.15) is 0 Å². The molecule has 0 aliphatic carbocycles. The van der Waals surface area contributed by atoms with Crippen molar-refractivity contribution < 1.29 is 14.7 Å². The number of hydrogen-bond donors (Lipinski definition) is 2. The lowest BCUT2D eigenvalue weighted by atomic mass is 9.85. The van der Waals surface area contributed by atoms with Crippen LogP contribution in [0.4, 0.5) is 11.6 Å². The molecule has 1 amide bonds. The molecule has 2 fully saturated rings. The highest BCUT2D eigenvalue weighted by Crippen LogP contribution is 2.39. The van der Waals surface area contributed by atoms with Crippen molar-refractivity contribution in [2.45, 2.75) is 12.1 Å². The lowest BCUT2D eigenvalue weighted by Crippen LogP contribution is -2.79. The molecule has 0 saturated carbocycles. The molecule has 24 heavy (non-hydrogen) atoms. The van der Waals surface area contributed by atoms with E-state index in [1.54, 1.807) is 12.6 Å². The van der Waals surface area contributed by atoms with Gasteiger partial charge in [-0.3, -0.25) is 10.0 Å². The van der Waals surface area contributed by atoms with Crippen LogP contribution in [0.15, 0.2) is 36.7 Å². The van der Waals surface area contributed by atoms with E-state index >= 15 is 0 Å². The number of aromatic nitrogens is 2. The summed E-state index contributed by atoms with van der Waals surface area (Å²) in [5, 5.41) is 8.60. The maximum Gasteiger partial charge on any atom is 0.277 e. The molecule has 2 aliphatic rings. The number of nitrogens with zero attached hydrogens (tertiary/aromatic N) is 4. The molecule has 3 heterocycles. The Balaban J connectivity index is 1.42. The second-order valence-corrected chi connectivity index (χ2v) is 5.85. The maximum absolute atomic E-state index is 11.3. The van der Waals surface area contributed by atoms with Crippen LogP contribution in [0.1, 0.15) is 10.4 Å². The van der Waals surface area contributed by atoms with E-state index in [9.17, 15) is 4.79 Å². The molecule has 124 valence electrons. The summed E-state index contributed by atoms with van der Waals surface area (Å²) >= 11 is 0. The van der Waals surface area contributed by atoms with Crippen molar-refractivity contribution in [3.05, 3.63) is 42.2 Å². The summed E-state index contributed by atoms with van der Waals surface area (Å²) in [4.78, 5) is 24.2. The van der Waals surface area contributed by atoms with Gasteiger partial charge in [-0.15, -0.1) is 0 Å². The minimum Gasteiger partial charge on any atom is -0.497 e. The van der Waals surface area contributed by atoms with Crippen LogP contribution in [0.3, 0.4) is 0 Å². The van der Waals surface area contributed by atoms with Crippen molar-refractivity contribution >= 4 is 17.5 Å². The highest BCUT2D eigenvalue weighted by atomic mass is 16.5. The molecule has 4 rings (SSSR count). The fourth-order valence-electron chi connectivity index (χ4n) is 3.22. The number of anilines is 2. The average molecular weight is 327 g/mol. The summed E-state index contributed by atoms with van der Waals surface area (Å²) in [6, 6.07) is 8.88. The molecule has 2 atom stereocenters. The van der Waals surface area contributed by atoms with E-state index in [0.29, 0.717) is 18.0 Å². The average Bonchev–Trinajstić information content (AvgIpc) is 2.63. The number of nitrogens with one attached hydrogen (secondary N) is 1. The predicted octanol–water partition coefficient (Wildman–Crippen LogP) is 0.682. The van der Waals surface area contributed by atoms with Crippen molar-refractivity contribution in [1.29, 1.82) is 0 Å². The van der Waals surface area contributed by atoms with E-state index in [0.717, 1.165) is 24.5 Å². The van der Waals surface area contributed by atoms with E-state index in [1.807, 2.05) is 18.2 Å². The summed E-state index contributed by atoms with van der Waals surface area (Å²) in [7, 11) is 1.67. The number of carbonyl (C=O) groups excluding carboxylic acids is 1. The third kappa shape index (κ3) is 2.23. The Labute approximate surface area is 138 Å². The van der Waals surface area contributed by atoms with E-state index in [1.165, 1.54) is 12.4 Å². The third-order valence-corrected chi connectivity index (χ3v) is 4.66. The Morgan fingerprint density at radius 3 is 2.58 bits per heavy atom. The van der Waals surface area contributed by atoms with E-state index < -0.39 is 5.91 Å². The number of carbonyl (C=O) groups is 1. The van der Waals surface area contributed by atoms with Crippen molar-refractivity contribution in [2.24, 2.45) is 0 Å². The van der Waals surface area contributed by atoms with Gasteiger partial charge < -0.3 is 14.5 Å². The largest absolute Gasteiger partial charge is 0.497 e. The predicted molar refractivity (Wildman–Crippen MR) is 86.5 cm³/mol. The first-order valence-electron chi connectivity index (χ1n) is 7.65. The Bertz CT molecular complexity index is 767. The summed E-state index contributed by atoms with van der Waals surface area (Å²) in [6.45, 7) is 1.74. The van der Waals surface area contributed by atoms with Crippen molar-refractivity contribution in [3.8, 4) is 5.75 Å². The lowest BCUT2D eigenvalue weighted by Gasteiger charge is -2.62. The topological polar surface area (TPSA) is 90.8 Å². The zero-order chi connectivity index (χ0) is 16.7. The molecule has 0 radical (unpaired) electrons. The first-order valence-corrected chi connectivity index (χ1v) is 7.65. The number of amides is 1. The summed E-state index contributed by atoms with van der Waals surface area (Å²) in [6.07, 6.45) is 2.83. The van der Waals surface area contributed by atoms with Crippen molar-refractivity contribution in [3.63, 3.8) is 0 Å². The monoisotopic (exact) mass is 327 g/mol. The fourth-order valence-corrected chi connectivity index (χ4v) is 3.22. The molecular formula is C16H17N5O3. The van der Waals surface area contributed by atoms with Gasteiger partial charge in [0.25, 0.3) is 5.91 Å². The standard InChI is InChI=1S/C16H17N5O3/c1-24-12-4-2-3-11(5-12)20-8-14-13(20)9-21(14)16-17-6-10(7-18-16)15(22)19-23/h2-7,13-14,23H,8-9H2,1H3,(H,19,22)/t13-,14?/m1/s1. The Morgan fingerprint density at radius 1 is 1.25 bits per heavy atom. The molecule has 1 aromatic heterocycles. The lowest BCUT2D eigenvalue weighted by molar-refractivity contribution is 0.0705. The third-order valence-electron chi connectivity index (χ3n) is 4.66. The molecule has 8 nitrogen and oxygen atoms in total. The Hall–Kier alpha value is -2.87. The molecule has 2 saturated heterocycles. The maximum atomic E-state index is 11.3. The zero-order valence-electron chi connectivity index (χ0n) is 13.1. The zero-order valence-corrected chi connectivity index (χ0v) is 13.1. The number of ether oxygens (including phenoxy) is 1. The van der Waals surface area contributed by atoms with Gasteiger partial charge in [0.2, 0.25) is 5.95 Å². The summed E-state index contributed by atoms with van der Waals surface area (Å²) < 4.78 is 5.28. The van der Waals surface area contributed by atoms with Crippen molar-refractivity contribution in [2.75, 3.05) is 30.0 Å². The van der Waals surface area contributed by atoms with Crippen LogP contribution in [0.25, 0.3) is 0 Å². The highest BCUT2D eigenvalue weighted by molar-refractivity contribution is 5.92. The highest BCUT2D eigenvalue weighted by Gasteiger charge is 2.52. The van der Waals surface area contributed by atoms with Crippen LogP contribution in [0.2, 0.25) is 0 Å². The second kappa shape index (κ2) is 5.64. The molecule has 2 aromatic rings. The Morgan fingerprint density at radius 2 is 1.96 bits per heavy atom. The first-order chi connectivity index (χ1) is 11.7. The Kier molecular flexibility index (Phi) is 3.46. The van der Waals surface area contributed by atoms with Gasteiger partial charge >= 0.3 is 0 Å². The molecule has 8 heteroatoms. The molecule has 1 aromatic carbocycles. The van der Waals surface area contributed by atoms with Gasteiger partial charge in [-0.05, 0) is 12.1 Å². The minimum absolute atomic E-state index is 0.227. The van der Waals surface area contributed by atoms with Crippen molar-refractivity contribution in [1.82, 2.24) is 15.4 Å². The van der Waals surface area contributed by atoms with Crippen LogP contribution in [0.5, 0.6) is 5.75 Å². The summed E-state index contributed by atoms with van der Waals surface area (Å²) in [5.41, 5.74) is 2.95. The molecule has 1 unspecified atom stereocenters. The molecule has 0 bridgehead atoms. The number of methoxy groups -OCH3 is 1. The number of hydroxylamine groups is 1. The van der Waals surface area contributed by atoms with Gasteiger partial charge in [0, 0.05) is 37.2 Å². The van der Waals surface area contributed by atoms with Gasteiger partial charge in [0.05, 0.1) is 24.8 Å². The molecule has 0 spiro atoms. The first kappa shape index (κ1) is 14.7. The van der Waals surface area contributed by atoms with E-state index in [4.69, 9.17) is 9.94 Å². The van der Waals surface area contributed by atoms with Gasteiger partial charge in [0.1, 0.15) is 5.75 Å². The number of fused-ring (bicyclic) bond motifs is 1. The SMILES string of the molecule is COc1cccc(N2CC3[C@H]2CN3c2ncc(C(=O)NO)cn2)c1. The smallest absolute Gasteiger partial charge is 0.277 e. The fraction of sp³-hybridized carbons (Fsp3) is 0.312. The normalized spacial score (nSPS) is 21.4. The number of rotatable bonds is 4. The second-order valence-electron chi connectivity index (χ2n) is 5.85. The van der Waals surface area contributed by atoms with Crippen LogP contribution < -0.4 is 20.0 Å². The van der Waals surface area contributed by atoms with Crippen LogP contribution >= 0.6 is 0 Å². The van der Waals surface area contributed by atoms with E-state index in [-0.39, 0.29) is 5.56 Å². The molecule has 2 N–H and O–H groups in total. The minimum atomic E-state index is -0.615. The number of hydrogen-bond acceptors (Lipinski definition) is 7. The number of benzene rings is 1. The molecular weight excluding hydrogens is 310 g/mol. The van der Waals surface area contributed by atoms with Gasteiger partial charge in [0.15, 0.2) is 0 Å². The van der Waals surface area contributed by atoms with Crippen LogP contribution in [-0.2, 0) is 0 Å². The number of piperazine rings is 1. The summed E-state index contributed by atoms with van der Waals surface area (Å²) in [5.74, 6) is 0.847. The van der Waals surface area contributed by atoms with Crippen LogP contribution in [0, 0.1) is 0 Å². The van der Waals surface area contributed by atoms with Crippen LogP contribution in [-0.4, -0.2) is 53.4 Å². The van der Waals surface area contributed by atoms with E-state index in [2.05, 4.69) is 25.8 Å². The van der Waals surface area contributed by atoms with Gasteiger partial charge in [-0.25, -0.2) is 15.4 Å². The van der Waals surface area contributed by atoms with Gasteiger partial charge in [-0.1, -0.05) is 6.07 Å².